The number of carbonyl (C=O) groups is 1. The zero-order valence-electron chi connectivity index (χ0n) is 14.3. The summed E-state index contributed by atoms with van der Waals surface area (Å²) in [5, 5.41) is 8.92. The van der Waals surface area contributed by atoms with Gasteiger partial charge in [0, 0.05) is 12.2 Å². The predicted molar refractivity (Wildman–Crippen MR) is 95.5 cm³/mol. The zero-order chi connectivity index (χ0) is 17.8. The van der Waals surface area contributed by atoms with Crippen LogP contribution >= 0.6 is 11.8 Å². The Morgan fingerprint density at radius 2 is 2.20 bits per heavy atom. The van der Waals surface area contributed by atoms with Crippen molar-refractivity contribution in [3.05, 3.63) is 24.3 Å². The largest absolute Gasteiger partial charge is 0.497 e. The van der Waals surface area contributed by atoms with Crippen molar-refractivity contribution in [2.24, 2.45) is 5.73 Å². The first kappa shape index (κ1) is 17.8. The molecule has 8 heteroatoms. The molecule has 1 aromatic heterocycles. The fourth-order valence-corrected chi connectivity index (χ4v) is 3.51. The number of thioether (sulfide) groups is 1. The van der Waals surface area contributed by atoms with E-state index in [2.05, 4.69) is 10.2 Å². The lowest BCUT2D eigenvalue weighted by Gasteiger charge is -2.15. The molecule has 1 aliphatic rings. The van der Waals surface area contributed by atoms with Gasteiger partial charge in [-0.05, 0) is 44.0 Å². The minimum absolute atomic E-state index is 0.135. The van der Waals surface area contributed by atoms with Gasteiger partial charge in [0.2, 0.25) is 5.91 Å². The Labute approximate surface area is 150 Å². The van der Waals surface area contributed by atoms with Crippen molar-refractivity contribution >= 4 is 17.7 Å². The van der Waals surface area contributed by atoms with E-state index in [4.69, 9.17) is 15.2 Å². The van der Waals surface area contributed by atoms with Crippen molar-refractivity contribution in [1.82, 2.24) is 14.8 Å². The average Bonchev–Trinajstić information content (AvgIpc) is 3.26. The maximum atomic E-state index is 11.4. The van der Waals surface area contributed by atoms with Crippen LogP contribution in [0.3, 0.4) is 0 Å². The fourth-order valence-electron chi connectivity index (χ4n) is 2.70. The van der Waals surface area contributed by atoms with Crippen molar-refractivity contribution in [1.29, 1.82) is 0 Å². The Balaban J connectivity index is 1.92. The van der Waals surface area contributed by atoms with E-state index >= 15 is 0 Å². The molecular formula is C17H22N4O3S. The molecule has 2 heterocycles. The number of nitrogens with two attached hydrogens (primary N) is 1. The molecule has 0 radical (unpaired) electrons. The average molecular weight is 362 g/mol. The number of methoxy groups -OCH3 is 1. The molecule has 0 aliphatic carbocycles. The Morgan fingerprint density at radius 1 is 1.44 bits per heavy atom. The number of hydrogen-bond acceptors (Lipinski definition) is 6. The van der Waals surface area contributed by atoms with Crippen LogP contribution in [0.15, 0.2) is 29.4 Å². The van der Waals surface area contributed by atoms with Gasteiger partial charge < -0.3 is 15.2 Å². The highest BCUT2D eigenvalue weighted by atomic mass is 32.2. The summed E-state index contributed by atoms with van der Waals surface area (Å²) in [6, 6.07) is 7.67. The number of amides is 1. The van der Waals surface area contributed by atoms with Gasteiger partial charge in [0.25, 0.3) is 0 Å². The Morgan fingerprint density at radius 3 is 2.80 bits per heavy atom. The van der Waals surface area contributed by atoms with Crippen LogP contribution in [0.1, 0.15) is 19.8 Å². The molecule has 1 amide bonds. The Bertz CT molecular complexity index is 726. The first-order valence-corrected chi connectivity index (χ1v) is 9.11. The van der Waals surface area contributed by atoms with Gasteiger partial charge in [-0.2, -0.15) is 0 Å². The Hall–Kier alpha value is -2.06. The maximum absolute atomic E-state index is 11.4. The number of ether oxygens (including phenoxy) is 2. The maximum Gasteiger partial charge on any atom is 0.230 e. The molecule has 7 nitrogen and oxygen atoms in total. The van der Waals surface area contributed by atoms with Crippen LogP contribution in [0.2, 0.25) is 0 Å². The van der Waals surface area contributed by atoms with Crippen LogP contribution in [0, 0.1) is 0 Å². The van der Waals surface area contributed by atoms with E-state index in [-0.39, 0.29) is 17.3 Å². The van der Waals surface area contributed by atoms with Crippen LogP contribution in [0.5, 0.6) is 5.75 Å². The summed E-state index contributed by atoms with van der Waals surface area (Å²) in [5.74, 6) is 1.16. The predicted octanol–water partition coefficient (Wildman–Crippen LogP) is 2.10. The van der Waals surface area contributed by atoms with E-state index in [0.29, 0.717) is 11.7 Å². The van der Waals surface area contributed by atoms with Crippen LogP contribution in [-0.2, 0) is 16.1 Å². The second kappa shape index (κ2) is 7.88. The van der Waals surface area contributed by atoms with Crippen LogP contribution in [-0.4, -0.2) is 45.7 Å². The van der Waals surface area contributed by atoms with Gasteiger partial charge in [-0.25, -0.2) is 0 Å². The second-order valence-corrected chi connectivity index (χ2v) is 7.25. The third kappa shape index (κ3) is 4.13. The van der Waals surface area contributed by atoms with Crippen LogP contribution in [0.25, 0.3) is 11.4 Å². The molecule has 25 heavy (non-hydrogen) atoms. The topological polar surface area (TPSA) is 92.3 Å². The minimum Gasteiger partial charge on any atom is -0.497 e. The van der Waals surface area contributed by atoms with E-state index in [9.17, 15) is 4.79 Å². The smallest absolute Gasteiger partial charge is 0.230 e. The molecule has 0 unspecified atom stereocenters. The number of primary amides is 1. The number of benzene rings is 1. The molecule has 2 atom stereocenters. The van der Waals surface area contributed by atoms with Crippen molar-refractivity contribution in [3.63, 3.8) is 0 Å². The van der Waals surface area contributed by atoms with Gasteiger partial charge in [0.1, 0.15) is 5.75 Å². The van der Waals surface area contributed by atoms with E-state index < -0.39 is 0 Å². The summed E-state index contributed by atoms with van der Waals surface area (Å²) in [7, 11) is 1.63. The molecule has 0 bridgehead atoms. The quantitative estimate of drug-likeness (QED) is 0.758. The van der Waals surface area contributed by atoms with Gasteiger partial charge in [-0.15, -0.1) is 10.2 Å². The van der Waals surface area contributed by atoms with Gasteiger partial charge in [0.05, 0.1) is 25.0 Å². The SMILES string of the molecule is COc1ccc(-c2nnc(S[C@@H](C)C(N)=O)n2C[C@H]2CCCO2)cc1. The van der Waals surface area contributed by atoms with E-state index in [1.807, 2.05) is 28.8 Å². The molecule has 1 aromatic carbocycles. The Kier molecular flexibility index (Phi) is 5.60. The highest BCUT2D eigenvalue weighted by molar-refractivity contribution is 8.00. The van der Waals surface area contributed by atoms with Crippen LogP contribution in [0.4, 0.5) is 0 Å². The molecular weight excluding hydrogens is 340 g/mol. The normalized spacial score (nSPS) is 18.2. The molecule has 0 saturated carbocycles. The molecule has 134 valence electrons. The summed E-state index contributed by atoms with van der Waals surface area (Å²) >= 11 is 1.32. The van der Waals surface area contributed by atoms with Gasteiger partial charge in [-0.3, -0.25) is 9.36 Å². The highest BCUT2D eigenvalue weighted by Crippen LogP contribution is 2.29. The van der Waals surface area contributed by atoms with Crippen molar-refractivity contribution in [3.8, 4) is 17.1 Å². The number of carbonyl (C=O) groups excluding carboxylic acids is 1. The van der Waals surface area contributed by atoms with Crippen molar-refractivity contribution in [2.45, 2.75) is 42.8 Å². The van der Waals surface area contributed by atoms with Gasteiger partial charge in [0.15, 0.2) is 11.0 Å². The third-order valence-electron chi connectivity index (χ3n) is 4.16. The fraction of sp³-hybridized carbons (Fsp3) is 0.471. The van der Waals surface area contributed by atoms with Crippen molar-refractivity contribution < 1.29 is 14.3 Å². The van der Waals surface area contributed by atoms with Gasteiger partial charge in [-0.1, -0.05) is 11.8 Å². The summed E-state index contributed by atoms with van der Waals surface area (Å²) < 4.78 is 13.0. The number of rotatable bonds is 7. The number of nitrogens with zero attached hydrogens (tertiary/aromatic N) is 3. The minimum atomic E-state index is -0.379. The highest BCUT2D eigenvalue weighted by Gasteiger charge is 2.23. The molecule has 1 fully saturated rings. The molecule has 1 aliphatic heterocycles. The summed E-state index contributed by atoms with van der Waals surface area (Å²) in [6.07, 6.45) is 2.21. The molecule has 0 spiro atoms. The molecule has 3 rings (SSSR count). The summed E-state index contributed by atoms with van der Waals surface area (Å²) in [6.45, 7) is 3.21. The zero-order valence-corrected chi connectivity index (χ0v) is 15.2. The number of hydrogen-bond donors (Lipinski definition) is 1. The van der Waals surface area contributed by atoms with E-state index in [0.717, 1.165) is 36.6 Å². The molecule has 2 aromatic rings. The van der Waals surface area contributed by atoms with Crippen molar-refractivity contribution in [2.75, 3.05) is 13.7 Å². The monoisotopic (exact) mass is 362 g/mol. The summed E-state index contributed by atoms with van der Waals surface area (Å²) in [4.78, 5) is 11.4. The molecule has 1 saturated heterocycles. The lowest BCUT2D eigenvalue weighted by atomic mass is 10.2. The lowest BCUT2D eigenvalue weighted by molar-refractivity contribution is -0.117. The van der Waals surface area contributed by atoms with E-state index in [1.165, 1.54) is 11.8 Å². The standard InChI is InChI=1S/C17H22N4O3S/c1-11(15(18)22)25-17-20-19-16(12-5-7-13(23-2)8-6-12)21(17)10-14-4-3-9-24-14/h5-8,11,14H,3-4,9-10H2,1-2H3,(H2,18,22)/t11-,14+/m0/s1. The summed E-state index contributed by atoms with van der Waals surface area (Å²) in [5.41, 5.74) is 6.33. The number of aromatic nitrogens is 3. The first-order chi connectivity index (χ1) is 12.1. The first-order valence-electron chi connectivity index (χ1n) is 8.23. The van der Waals surface area contributed by atoms with Crippen LogP contribution < -0.4 is 10.5 Å². The lowest BCUT2D eigenvalue weighted by Crippen LogP contribution is -2.23. The molecule has 2 N–H and O–H groups in total. The third-order valence-corrected chi connectivity index (χ3v) is 5.26. The second-order valence-electron chi connectivity index (χ2n) is 5.94. The van der Waals surface area contributed by atoms with Gasteiger partial charge >= 0.3 is 0 Å². The van der Waals surface area contributed by atoms with E-state index in [1.54, 1.807) is 14.0 Å².